The summed E-state index contributed by atoms with van der Waals surface area (Å²) in [6.07, 6.45) is 8.54. The number of carboxylic acids is 1. The Morgan fingerprint density at radius 3 is 2.20 bits per heavy atom. The molecule has 3 N–H and O–H groups in total. The van der Waals surface area contributed by atoms with Gasteiger partial charge in [0.1, 0.15) is 17.2 Å². The molecule has 2 aromatic rings. The molecule has 1 amide bonds. The van der Waals surface area contributed by atoms with E-state index < -0.39 is 5.97 Å². The average molecular weight is 639 g/mol. The molecular formula is C36H50N2O8. The van der Waals surface area contributed by atoms with Gasteiger partial charge in [-0.15, -0.1) is 6.58 Å². The first-order valence-electron chi connectivity index (χ1n) is 16.4. The normalized spacial score (nSPS) is 12.3. The molecule has 0 bridgehead atoms. The van der Waals surface area contributed by atoms with Gasteiger partial charge in [-0.3, -0.25) is 14.4 Å². The molecule has 10 heteroatoms. The van der Waals surface area contributed by atoms with Crippen LogP contribution in [0.1, 0.15) is 78.4 Å². The molecule has 46 heavy (non-hydrogen) atoms. The van der Waals surface area contributed by atoms with Gasteiger partial charge in [-0.2, -0.15) is 0 Å². The first-order valence-corrected chi connectivity index (χ1v) is 16.4. The van der Waals surface area contributed by atoms with Crippen LogP contribution in [0.3, 0.4) is 0 Å². The second-order valence-corrected chi connectivity index (χ2v) is 11.2. The fraction of sp³-hybridized carbons (Fsp3) is 0.528. The van der Waals surface area contributed by atoms with Crippen LogP contribution in [0.15, 0.2) is 43.0 Å². The molecule has 1 aliphatic rings. The quantitative estimate of drug-likeness (QED) is 0.106. The molecule has 0 radical (unpaired) electrons. The van der Waals surface area contributed by atoms with Gasteiger partial charge in [0.2, 0.25) is 5.91 Å². The molecule has 252 valence electrons. The molecule has 10 nitrogen and oxygen atoms in total. The molecular weight excluding hydrogens is 588 g/mol. The van der Waals surface area contributed by atoms with Gasteiger partial charge in [0.25, 0.3) is 0 Å². The number of fused-ring (bicyclic) bond motifs is 1. The summed E-state index contributed by atoms with van der Waals surface area (Å²) in [6.45, 7) is 7.54. The predicted octanol–water partition coefficient (Wildman–Crippen LogP) is 5.09. The number of rotatable bonds is 24. The number of amides is 1. The lowest BCUT2D eigenvalue weighted by atomic mass is 9.86. The molecule has 0 aliphatic heterocycles. The van der Waals surface area contributed by atoms with Crippen LogP contribution in [0.25, 0.3) is 0 Å². The first kappa shape index (κ1) is 36.6. The summed E-state index contributed by atoms with van der Waals surface area (Å²) in [5, 5.41) is 15.1. The number of ether oxygens (including phenoxy) is 4. The van der Waals surface area contributed by atoms with E-state index in [9.17, 15) is 19.5 Å². The van der Waals surface area contributed by atoms with Crippen LogP contribution in [0.2, 0.25) is 0 Å². The second-order valence-electron chi connectivity index (χ2n) is 11.2. The number of carbonyl (C=O) groups is 3. The van der Waals surface area contributed by atoms with Crippen LogP contribution in [-0.2, 0) is 33.6 Å². The van der Waals surface area contributed by atoms with Gasteiger partial charge in [-0.05, 0) is 88.2 Å². The number of carbonyl (C=O) groups excluding carboxylic acids is 2. The van der Waals surface area contributed by atoms with E-state index in [4.69, 9.17) is 18.9 Å². The van der Waals surface area contributed by atoms with Crippen molar-refractivity contribution in [3.05, 3.63) is 65.2 Å². The monoisotopic (exact) mass is 638 g/mol. The largest absolute Gasteiger partial charge is 0.493 e. The topological polar surface area (TPSA) is 132 Å². The van der Waals surface area contributed by atoms with Crippen molar-refractivity contribution in [3.8, 4) is 17.2 Å². The third-order valence-electron chi connectivity index (χ3n) is 7.72. The van der Waals surface area contributed by atoms with E-state index in [1.165, 1.54) is 0 Å². The van der Waals surface area contributed by atoms with Crippen LogP contribution in [0.5, 0.6) is 17.2 Å². The van der Waals surface area contributed by atoms with E-state index in [2.05, 4.69) is 17.2 Å². The minimum Gasteiger partial charge on any atom is -0.493 e. The molecule has 0 atom stereocenters. The molecule has 0 fully saturated rings. The number of Topliss-reactive ketones (excluding diaryl/α,β-unsaturated/α-hetero) is 1. The van der Waals surface area contributed by atoms with Gasteiger partial charge in [0.05, 0.1) is 33.0 Å². The summed E-state index contributed by atoms with van der Waals surface area (Å²) < 4.78 is 23.6. The smallest absolute Gasteiger partial charge is 0.303 e. The molecule has 0 unspecified atom stereocenters. The predicted molar refractivity (Wildman–Crippen MR) is 177 cm³/mol. The highest BCUT2D eigenvalue weighted by Gasteiger charge is 2.22. The molecule has 0 saturated carbocycles. The Labute approximate surface area is 272 Å². The number of aliphatic carboxylic acids is 1. The maximum Gasteiger partial charge on any atom is 0.303 e. The Kier molecular flexibility index (Phi) is 16.7. The van der Waals surface area contributed by atoms with Gasteiger partial charge in [0, 0.05) is 49.0 Å². The van der Waals surface area contributed by atoms with Crippen molar-refractivity contribution in [2.75, 3.05) is 53.2 Å². The van der Waals surface area contributed by atoms with Crippen molar-refractivity contribution in [3.63, 3.8) is 0 Å². The van der Waals surface area contributed by atoms with Crippen LogP contribution < -0.4 is 24.8 Å². The maximum atomic E-state index is 12.3. The van der Waals surface area contributed by atoms with E-state index in [1.807, 2.05) is 37.4 Å². The van der Waals surface area contributed by atoms with Crippen molar-refractivity contribution < 1.29 is 38.4 Å². The van der Waals surface area contributed by atoms with Crippen LogP contribution >= 0.6 is 0 Å². The third-order valence-corrected chi connectivity index (χ3v) is 7.72. The Morgan fingerprint density at radius 2 is 1.52 bits per heavy atom. The van der Waals surface area contributed by atoms with E-state index >= 15 is 0 Å². The fourth-order valence-corrected chi connectivity index (χ4v) is 5.36. The van der Waals surface area contributed by atoms with Gasteiger partial charge in [-0.1, -0.05) is 12.1 Å². The lowest BCUT2D eigenvalue weighted by Crippen LogP contribution is -2.28. The zero-order valence-corrected chi connectivity index (χ0v) is 27.2. The van der Waals surface area contributed by atoms with E-state index in [0.717, 1.165) is 66.7 Å². The van der Waals surface area contributed by atoms with Crippen molar-refractivity contribution in [2.45, 2.75) is 70.6 Å². The first-order chi connectivity index (χ1) is 22.4. The molecule has 3 rings (SSSR count). The summed E-state index contributed by atoms with van der Waals surface area (Å²) in [7, 11) is 1.86. The van der Waals surface area contributed by atoms with Crippen LogP contribution in [0, 0.1) is 0 Å². The van der Waals surface area contributed by atoms with E-state index in [0.29, 0.717) is 76.8 Å². The van der Waals surface area contributed by atoms with Crippen molar-refractivity contribution in [1.82, 2.24) is 10.6 Å². The number of benzene rings is 2. The summed E-state index contributed by atoms with van der Waals surface area (Å²) in [5.41, 5.74) is 3.72. The minimum atomic E-state index is -0.894. The summed E-state index contributed by atoms with van der Waals surface area (Å²) >= 11 is 0. The molecule has 0 saturated heterocycles. The van der Waals surface area contributed by atoms with Crippen LogP contribution in [0.4, 0.5) is 0 Å². The minimum absolute atomic E-state index is 0.0441. The Hall–Kier alpha value is -3.89. The summed E-state index contributed by atoms with van der Waals surface area (Å²) in [4.78, 5) is 35.7. The average Bonchev–Trinajstić information content (AvgIpc) is 3.04. The number of allylic oxidation sites excluding steroid dienone is 1. The van der Waals surface area contributed by atoms with Crippen molar-refractivity contribution in [1.29, 1.82) is 0 Å². The summed E-state index contributed by atoms with van der Waals surface area (Å²) in [5.74, 6) is 1.27. The number of nitrogens with one attached hydrogen (secondary N) is 2. The van der Waals surface area contributed by atoms with Gasteiger partial charge >= 0.3 is 5.97 Å². The highest BCUT2D eigenvalue weighted by Crippen LogP contribution is 2.33. The van der Waals surface area contributed by atoms with Crippen molar-refractivity contribution >= 4 is 17.7 Å². The highest BCUT2D eigenvalue weighted by molar-refractivity contribution is 5.99. The number of hydrogen-bond acceptors (Lipinski definition) is 8. The Bertz CT molecular complexity index is 1280. The van der Waals surface area contributed by atoms with E-state index in [-0.39, 0.29) is 24.5 Å². The zero-order chi connectivity index (χ0) is 33.0. The Balaban J connectivity index is 1.42. The fourth-order valence-electron chi connectivity index (χ4n) is 5.36. The van der Waals surface area contributed by atoms with Crippen molar-refractivity contribution in [2.24, 2.45) is 0 Å². The maximum absolute atomic E-state index is 12.3. The van der Waals surface area contributed by atoms with E-state index in [1.54, 1.807) is 6.07 Å². The number of likely N-dealkylation sites (N-methyl/N-ethyl adjacent to an activating group) is 1. The zero-order valence-electron chi connectivity index (χ0n) is 27.2. The second kappa shape index (κ2) is 21.0. The lowest BCUT2D eigenvalue weighted by Gasteiger charge is -2.21. The van der Waals surface area contributed by atoms with Crippen LogP contribution in [-0.4, -0.2) is 75.9 Å². The van der Waals surface area contributed by atoms with Gasteiger partial charge in [-0.25, -0.2) is 0 Å². The highest BCUT2D eigenvalue weighted by atomic mass is 16.5. The number of unbranched alkanes of at least 4 members (excludes halogenated alkanes) is 2. The lowest BCUT2D eigenvalue weighted by molar-refractivity contribution is -0.137. The standard InChI is InChI=1S/C36H50N2O8/c1-3-10-29-27-11-7-12-31(39)28(27)16-18-34(29)45-23-6-4-5-22-44-32-13-8-14-33(30(32)17-19-36(41)42)46-24-9-15-35(40)38-21-26-43-25-20-37-2/h3,8,13-14,16,18,37H,1,4-7,9-12,15,17,19-26H2,2H3,(H,38,40)(H,41,42). The summed E-state index contributed by atoms with van der Waals surface area (Å²) in [6, 6.07) is 9.28. The molecule has 2 aromatic carbocycles. The SMILES string of the molecule is C=CCc1c(OCCCCCOc2cccc(OCCCC(=O)NCCOCCNC)c2CCC(=O)O)ccc2c1CCCC2=O. The molecule has 0 spiro atoms. The Morgan fingerprint density at radius 1 is 0.848 bits per heavy atom. The van der Waals surface area contributed by atoms with Gasteiger partial charge < -0.3 is 34.7 Å². The molecule has 1 aliphatic carbocycles. The van der Waals surface area contributed by atoms with Gasteiger partial charge in [0.15, 0.2) is 5.78 Å². The number of ketones is 1. The third kappa shape index (κ3) is 12.5. The molecule has 0 heterocycles. The number of carboxylic acid groups (broad SMARTS) is 1. The number of hydrogen-bond donors (Lipinski definition) is 3. The molecule has 0 aromatic heterocycles.